The molecule has 0 saturated carbocycles. The van der Waals surface area contributed by atoms with Crippen molar-refractivity contribution in [1.82, 2.24) is 0 Å². The van der Waals surface area contributed by atoms with Crippen molar-refractivity contribution in [3.8, 4) is 0 Å². The first-order valence-corrected chi connectivity index (χ1v) is 11.6. The monoisotopic (exact) mass is 326 g/mol. The van der Waals surface area contributed by atoms with Gasteiger partial charge in [0.1, 0.15) is 0 Å². The Morgan fingerprint density at radius 2 is 1.47 bits per heavy atom. The standard InChI is InChI=1S/C10H26O6Si3/c1-6-10(5)19(13-9-4)15-17(11-7-2)14-18(16-19)12-8-3/h10,17-18H,6-9H2,1-5H3. The van der Waals surface area contributed by atoms with Gasteiger partial charge in [0.25, 0.3) is 0 Å². The van der Waals surface area contributed by atoms with Crippen molar-refractivity contribution in [3.63, 3.8) is 0 Å². The lowest BCUT2D eigenvalue weighted by molar-refractivity contribution is 0.0469. The van der Waals surface area contributed by atoms with Gasteiger partial charge in [-0.2, -0.15) is 0 Å². The molecular formula is C10H26O6Si3. The molecule has 1 heterocycles. The van der Waals surface area contributed by atoms with E-state index in [1.54, 1.807) is 0 Å². The van der Waals surface area contributed by atoms with Gasteiger partial charge in [-0.25, -0.2) is 0 Å². The quantitative estimate of drug-likeness (QED) is 0.627. The molecule has 0 spiro atoms. The molecule has 0 aliphatic carbocycles. The molecule has 0 amide bonds. The number of rotatable bonds is 8. The van der Waals surface area contributed by atoms with E-state index >= 15 is 0 Å². The van der Waals surface area contributed by atoms with E-state index in [9.17, 15) is 0 Å². The first-order chi connectivity index (χ1) is 9.11. The summed E-state index contributed by atoms with van der Waals surface area (Å²) in [6, 6.07) is 0. The van der Waals surface area contributed by atoms with Crippen molar-refractivity contribution < 1.29 is 25.6 Å². The zero-order valence-corrected chi connectivity index (χ0v) is 15.8. The Hall–Kier alpha value is 0.411. The zero-order chi connectivity index (χ0) is 14.3. The zero-order valence-electron chi connectivity index (χ0n) is 12.5. The fourth-order valence-electron chi connectivity index (χ4n) is 1.75. The highest BCUT2D eigenvalue weighted by atomic mass is 28.5. The Morgan fingerprint density at radius 1 is 0.947 bits per heavy atom. The summed E-state index contributed by atoms with van der Waals surface area (Å²) in [5, 5.41) is 0. The summed E-state index contributed by atoms with van der Waals surface area (Å²) in [7, 11) is -7.13. The summed E-state index contributed by atoms with van der Waals surface area (Å²) in [4.78, 5) is 0. The van der Waals surface area contributed by atoms with Gasteiger partial charge in [-0.15, -0.1) is 0 Å². The third kappa shape index (κ3) is 4.72. The van der Waals surface area contributed by atoms with Crippen LogP contribution in [0, 0.1) is 0 Å². The molecule has 9 heteroatoms. The first kappa shape index (κ1) is 17.5. The smallest absolute Gasteiger partial charge is 0.377 e. The molecule has 1 saturated heterocycles. The van der Waals surface area contributed by atoms with Crippen LogP contribution in [0.2, 0.25) is 5.54 Å². The predicted octanol–water partition coefficient (Wildman–Crippen LogP) is 1.33. The van der Waals surface area contributed by atoms with Crippen LogP contribution in [0.3, 0.4) is 0 Å². The second kappa shape index (κ2) is 8.64. The predicted molar refractivity (Wildman–Crippen MR) is 77.9 cm³/mol. The molecule has 0 N–H and O–H groups in total. The molecular weight excluding hydrogens is 300 g/mol. The first-order valence-electron chi connectivity index (χ1n) is 7.00. The van der Waals surface area contributed by atoms with Gasteiger partial charge in [0.05, 0.1) is 0 Å². The summed E-state index contributed by atoms with van der Waals surface area (Å²) in [5.74, 6) is 0. The van der Waals surface area contributed by atoms with E-state index in [0.717, 1.165) is 6.42 Å². The molecule has 1 aliphatic rings. The molecule has 0 bridgehead atoms. The van der Waals surface area contributed by atoms with Crippen LogP contribution in [0.1, 0.15) is 41.0 Å². The molecule has 6 nitrogen and oxygen atoms in total. The topological polar surface area (TPSA) is 55.4 Å². The van der Waals surface area contributed by atoms with Crippen LogP contribution in [0.15, 0.2) is 0 Å². The van der Waals surface area contributed by atoms with Crippen molar-refractivity contribution in [2.45, 2.75) is 46.6 Å². The van der Waals surface area contributed by atoms with Gasteiger partial charge in [-0.3, -0.25) is 0 Å². The van der Waals surface area contributed by atoms with Crippen LogP contribution in [0.5, 0.6) is 0 Å². The van der Waals surface area contributed by atoms with Crippen LogP contribution >= 0.6 is 0 Å². The summed E-state index contributed by atoms with van der Waals surface area (Å²) < 4.78 is 34.8. The minimum absolute atomic E-state index is 0.224. The highest BCUT2D eigenvalue weighted by molar-refractivity contribution is 6.78. The van der Waals surface area contributed by atoms with Gasteiger partial charge in [-0.05, 0) is 27.2 Å². The summed E-state index contributed by atoms with van der Waals surface area (Å²) in [6.07, 6.45) is 0.937. The minimum Gasteiger partial charge on any atom is -0.377 e. The van der Waals surface area contributed by atoms with Crippen LogP contribution in [-0.2, 0) is 25.6 Å². The molecule has 0 aromatic rings. The minimum atomic E-state index is -2.74. The average molecular weight is 327 g/mol. The fourth-order valence-corrected chi connectivity index (χ4v) is 12.1. The average Bonchev–Trinajstić information content (AvgIpc) is 2.38. The van der Waals surface area contributed by atoms with E-state index in [0.29, 0.717) is 19.8 Å². The molecule has 0 aromatic heterocycles. The Labute approximate surface area is 120 Å². The van der Waals surface area contributed by atoms with Crippen LogP contribution in [0.4, 0.5) is 0 Å². The van der Waals surface area contributed by atoms with Crippen LogP contribution in [-0.4, -0.2) is 47.7 Å². The highest BCUT2D eigenvalue weighted by Crippen LogP contribution is 2.33. The molecule has 0 aromatic carbocycles. The van der Waals surface area contributed by atoms with Crippen molar-refractivity contribution in [2.75, 3.05) is 19.8 Å². The van der Waals surface area contributed by atoms with Gasteiger partial charge in [0.2, 0.25) is 0 Å². The van der Waals surface area contributed by atoms with E-state index in [2.05, 4.69) is 13.8 Å². The Morgan fingerprint density at radius 3 is 1.84 bits per heavy atom. The third-order valence-electron chi connectivity index (χ3n) is 2.91. The van der Waals surface area contributed by atoms with Gasteiger partial charge in [-0.1, -0.05) is 13.8 Å². The fraction of sp³-hybridized carbons (Fsp3) is 1.00. The van der Waals surface area contributed by atoms with Gasteiger partial charge >= 0.3 is 27.9 Å². The summed E-state index contributed by atoms with van der Waals surface area (Å²) in [6.45, 7) is 11.7. The Bertz CT molecular complexity index is 243. The van der Waals surface area contributed by atoms with E-state index in [4.69, 9.17) is 25.6 Å². The molecule has 3 unspecified atom stereocenters. The molecule has 0 radical (unpaired) electrons. The van der Waals surface area contributed by atoms with E-state index < -0.39 is 27.9 Å². The lowest BCUT2D eigenvalue weighted by atomic mass is 10.4. The summed E-state index contributed by atoms with van der Waals surface area (Å²) >= 11 is 0. The van der Waals surface area contributed by atoms with Crippen molar-refractivity contribution in [2.24, 2.45) is 0 Å². The second-order valence-corrected chi connectivity index (χ2v) is 11.5. The van der Waals surface area contributed by atoms with Crippen LogP contribution < -0.4 is 0 Å². The Balaban J connectivity index is 2.85. The molecule has 3 atom stereocenters. The largest absolute Gasteiger partial charge is 0.488 e. The van der Waals surface area contributed by atoms with Gasteiger partial charge in [0, 0.05) is 25.4 Å². The van der Waals surface area contributed by atoms with Crippen LogP contribution in [0.25, 0.3) is 0 Å². The maximum Gasteiger partial charge on any atom is 0.488 e. The van der Waals surface area contributed by atoms with Crippen molar-refractivity contribution in [1.29, 1.82) is 0 Å². The van der Waals surface area contributed by atoms with Gasteiger partial charge < -0.3 is 25.6 Å². The van der Waals surface area contributed by atoms with E-state index in [1.807, 2.05) is 20.8 Å². The van der Waals surface area contributed by atoms with E-state index in [-0.39, 0.29) is 5.54 Å². The lowest BCUT2D eigenvalue weighted by Gasteiger charge is -2.42. The SMILES string of the molecule is CCO[SiH]1O[SiH](OCC)O[Si](OCC)(C(C)CC)O1. The van der Waals surface area contributed by atoms with Crippen molar-refractivity contribution >= 4 is 27.9 Å². The normalized spacial score (nSPS) is 33.3. The van der Waals surface area contributed by atoms with Crippen molar-refractivity contribution in [3.05, 3.63) is 0 Å². The van der Waals surface area contributed by atoms with Gasteiger partial charge in [0.15, 0.2) is 0 Å². The molecule has 1 aliphatic heterocycles. The molecule has 1 rings (SSSR count). The summed E-state index contributed by atoms with van der Waals surface area (Å²) in [5.41, 5.74) is 0.224. The Kier molecular flexibility index (Phi) is 7.94. The maximum absolute atomic E-state index is 6.03. The molecule has 1 fully saturated rings. The third-order valence-corrected chi connectivity index (χ3v) is 12.4. The number of hydrogen-bond donors (Lipinski definition) is 0. The lowest BCUT2D eigenvalue weighted by Crippen LogP contribution is -2.63. The molecule has 19 heavy (non-hydrogen) atoms. The molecule has 114 valence electrons. The number of hydrogen-bond acceptors (Lipinski definition) is 6. The highest BCUT2D eigenvalue weighted by Gasteiger charge is 2.55. The maximum atomic E-state index is 6.03. The second-order valence-electron chi connectivity index (χ2n) is 4.21. The van der Waals surface area contributed by atoms with E-state index in [1.165, 1.54) is 0 Å².